The predicted molar refractivity (Wildman–Crippen MR) is 72.2 cm³/mol. The standard InChI is InChI=1S/C15H26O/c1-3-5-7-9-11-13-15-16-14-12-10-8-6-4-2/h9,11-15H,3-8,10H2,1-2H3. The van der Waals surface area contributed by atoms with E-state index >= 15 is 0 Å². The fraction of sp³-hybridized carbons (Fsp3) is 0.600. The third-order valence-electron chi connectivity index (χ3n) is 2.28. The van der Waals surface area contributed by atoms with Crippen LogP contribution in [-0.4, -0.2) is 0 Å². The molecule has 92 valence electrons. The molecule has 1 nitrogen and oxygen atoms in total. The fourth-order valence-corrected chi connectivity index (χ4v) is 1.27. The van der Waals surface area contributed by atoms with Gasteiger partial charge in [-0.1, -0.05) is 51.7 Å². The number of rotatable bonds is 10. The molecule has 0 heterocycles. The highest BCUT2D eigenvalue weighted by atomic mass is 16.5. The molecule has 0 N–H and O–H groups in total. The van der Waals surface area contributed by atoms with Crippen molar-refractivity contribution >= 4 is 0 Å². The molecule has 0 rings (SSSR count). The molecule has 0 atom stereocenters. The van der Waals surface area contributed by atoms with Crippen LogP contribution in [0.4, 0.5) is 0 Å². The minimum absolute atomic E-state index is 1.12. The number of unbranched alkanes of at least 4 members (excludes halogenated alkanes) is 5. The molecule has 0 unspecified atom stereocenters. The van der Waals surface area contributed by atoms with Gasteiger partial charge < -0.3 is 4.74 Å². The molecule has 16 heavy (non-hydrogen) atoms. The first-order valence-corrected chi connectivity index (χ1v) is 6.54. The molecule has 0 amide bonds. The topological polar surface area (TPSA) is 9.23 Å². The van der Waals surface area contributed by atoms with Crippen LogP contribution in [0.3, 0.4) is 0 Å². The number of hydrogen-bond donors (Lipinski definition) is 0. The summed E-state index contributed by atoms with van der Waals surface area (Å²) in [6, 6.07) is 0. The largest absolute Gasteiger partial charge is 0.473 e. The van der Waals surface area contributed by atoms with Crippen LogP contribution >= 0.6 is 0 Å². The first-order valence-electron chi connectivity index (χ1n) is 6.54. The number of hydrogen-bond acceptors (Lipinski definition) is 1. The van der Waals surface area contributed by atoms with Crippen molar-refractivity contribution in [2.45, 2.75) is 58.8 Å². The Morgan fingerprint density at radius 2 is 1.50 bits per heavy atom. The lowest BCUT2D eigenvalue weighted by Gasteiger charge is -1.91. The lowest BCUT2D eigenvalue weighted by molar-refractivity contribution is 0.400. The Morgan fingerprint density at radius 3 is 2.25 bits per heavy atom. The van der Waals surface area contributed by atoms with Crippen LogP contribution < -0.4 is 0 Å². The maximum Gasteiger partial charge on any atom is 0.0901 e. The van der Waals surface area contributed by atoms with Crippen LogP contribution in [0.5, 0.6) is 0 Å². The Morgan fingerprint density at radius 1 is 0.750 bits per heavy atom. The summed E-state index contributed by atoms with van der Waals surface area (Å²) >= 11 is 0. The maximum atomic E-state index is 5.21. The van der Waals surface area contributed by atoms with Gasteiger partial charge in [-0.25, -0.2) is 0 Å². The molecular weight excluding hydrogens is 196 g/mol. The van der Waals surface area contributed by atoms with Gasteiger partial charge in [0.1, 0.15) is 0 Å². The van der Waals surface area contributed by atoms with Crippen molar-refractivity contribution in [1.82, 2.24) is 0 Å². The minimum atomic E-state index is 1.12. The normalized spacial score (nSPS) is 12.1. The highest BCUT2D eigenvalue weighted by molar-refractivity contribution is 5.00. The van der Waals surface area contributed by atoms with Gasteiger partial charge in [-0.15, -0.1) is 0 Å². The fourth-order valence-electron chi connectivity index (χ4n) is 1.27. The smallest absolute Gasteiger partial charge is 0.0901 e. The number of ether oxygens (including phenoxy) is 1. The van der Waals surface area contributed by atoms with E-state index in [9.17, 15) is 0 Å². The molecule has 0 saturated heterocycles. The second-order valence-electron chi connectivity index (χ2n) is 3.90. The summed E-state index contributed by atoms with van der Waals surface area (Å²) in [6.07, 6.45) is 20.4. The Bertz CT molecular complexity index is 201. The van der Waals surface area contributed by atoms with Crippen LogP contribution in [-0.2, 0) is 4.74 Å². The Kier molecular flexibility index (Phi) is 13.2. The Labute approximate surface area is 101 Å². The second kappa shape index (κ2) is 14.0. The van der Waals surface area contributed by atoms with Gasteiger partial charge in [-0.05, 0) is 31.4 Å². The summed E-state index contributed by atoms with van der Waals surface area (Å²) in [5.74, 6) is 0. The monoisotopic (exact) mass is 222 g/mol. The molecule has 0 fully saturated rings. The molecule has 0 radical (unpaired) electrons. The maximum absolute atomic E-state index is 5.21. The summed E-state index contributed by atoms with van der Waals surface area (Å²) in [4.78, 5) is 0. The molecule has 0 aliphatic heterocycles. The van der Waals surface area contributed by atoms with E-state index < -0.39 is 0 Å². The summed E-state index contributed by atoms with van der Waals surface area (Å²) in [7, 11) is 0. The van der Waals surface area contributed by atoms with E-state index in [0.29, 0.717) is 0 Å². The zero-order valence-corrected chi connectivity index (χ0v) is 10.8. The zero-order valence-electron chi connectivity index (χ0n) is 10.8. The van der Waals surface area contributed by atoms with E-state index in [0.717, 1.165) is 12.8 Å². The second-order valence-corrected chi connectivity index (χ2v) is 3.90. The lowest BCUT2D eigenvalue weighted by Crippen LogP contribution is -1.71. The van der Waals surface area contributed by atoms with Crippen LogP contribution in [0, 0.1) is 0 Å². The van der Waals surface area contributed by atoms with Crippen molar-refractivity contribution in [2.24, 2.45) is 0 Å². The third kappa shape index (κ3) is 13.0. The first kappa shape index (κ1) is 15.0. The third-order valence-corrected chi connectivity index (χ3v) is 2.28. The van der Waals surface area contributed by atoms with E-state index in [2.05, 4.69) is 26.0 Å². The van der Waals surface area contributed by atoms with Crippen molar-refractivity contribution in [1.29, 1.82) is 0 Å². The Balaban J connectivity index is 3.29. The summed E-state index contributed by atoms with van der Waals surface area (Å²) < 4.78 is 5.21. The van der Waals surface area contributed by atoms with Crippen LogP contribution in [0.15, 0.2) is 36.8 Å². The quantitative estimate of drug-likeness (QED) is 0.275. The average molecular weight is 222 g/mol. The van der Waals surface area contributed by atoms with Crippen molar-refractivity contribution < 1.29 is 4.74 Å². The molecule has 0 aliphatic rings. The van der Waals surface area contributed by atoms with Gasteiger partial charge in [-0.2, -0.15) is 0 Å². The van der Waals surface area contributed by atoms with Crippen LogP contribution in [0.1, 0.15) is 58.8 Å². The molecule has 0 bridgehead atoms. The van der Waals surface area contributed by atoms with Gasteiger partial charge >= 0.3 is 0 Å². The van der Waals surface area contributed by atoms with Crippen LogP contribution in [0.2, 0.25) is 0 Å². The molecule has 0 spiro atoms. The molecule has 0 aromatic heterocycles. The highest BCUT2D eigenvalue weighted by Gasteiger charge is 1.80. The van der Waals surface area contributed by atoms with Gasteiger partial charge in [0.25, 0.3) is 0 Å². The molecule has 0 aliphatic carbocycles. The Hall–Kier alpha value is -0.980. The molecule has 1 heteroatoms. The average Bonchev–Trinajstić information content (AvgIpc) is 2.31. The van der Waals surface area contributed by atoms with Gasteiger partial charge in [0.15, 0.2) is 0 Å². The van der Waals surface area contributed by atoms with Crippen molar-refractivity contribution in [3.63, 3.8) is 0 Å². The first-order chi connectivity index (χ1) is 7.91. The van der Waals surface area contributed by atoms with Gasteiger partial charge in [0, 0.05) is 0 Å². The van der Waals surface area contributed by atoms with Gasteiger partial charge in [0.2, 0.25) is 0 Å². The summed E-state index contributed by atoms with van der Waals surface area (Å²) in [5, 5.41) is 0. The highest BCUT2D eigenvalue weighted by Crippen LogP contribution is 1.99. The molecule has 0 saturated carbocycles. The van der Waals surface area contributed by atoms with Crippen molar-refractivity contribution in [3.05, 3.63) is 36.8 Å². The zero-order chi connectivity index (χ0) is 11.9. The van der Waals surface area contributed by atoms with Crippen molar-refractivity contribution in [3.8, 4) is 0 Å². The van der Waals surface area contributed by atoms with E-state index in [-0.39, 0.29) is 0 Å². The van der Waals surface area contributed by atoms with Gasteiger partial charge in [0.05, 0.1) is 12.5 Å². The summed E-state index contributed by atoms with van der Waals surface area (Å²) in [5.41, 5.74) is 0. The van der Waals surface area contributed by atoms with E-state index in [1.165, 1.54) is 32.1 Å². The SMILES string of the molecule is CCCCC=CC=COC=CCCCCC. The van der Waals surface area contributed by atoms with Gasteiger partial charge in [-0.3, -0.25) is 0 Å². The summed E-state index contributed by atoms with van der Waals surface area (Å²) in [6.45, 7) is 4.42. The van der Waals surface area contributed by atoms with E-state index in [4.69, 9.17) is 4.74 Å². The van der Waals surface area contributed by atoms with E-state index in [1.54, 1.807) is 12.5 Å². The van der Waals surface area contributed by atoms with E-state index in [1.807, 2.05) is 12.2 Å². The lowest BCUT2D eigenvalue weighted by atomic mass is 10.2. The minimum Gasteiger partial charge on any atom is -0.473 e. The van der Waals surface area contributed by atoms with Crippen LogP contribution in [0.25, 0.3) is 0 Å². The molecule has 0 aromatic carbocycles. The molecular formula is C15H26O. The predicted octanol–water partition coefficient (Wildman–Crippen LogP) is 5.36. The molecule has 0 aromatic rings. The van der Waals surface area contributed by atoms with Crippen molar-refractivity contribution in [2.75, 3.05) is 0 Å². The number of allylic oxidation sites excluding steroid dienone is 4.